The normalized spacial score (nSPS) is 18.4. The number of hydrogen-bond acceptors (Lipinski definition) is 4. The van der Waals surface area contributed by atoms with Gasteiger partial charge in [-0.2, -0.15) is 26.3 Å². The quantitative estimate of drug-likeness (QED) is 0.756. The Balaban J connectivity index is 2.58. The molecule has 0 unspecified atom stereocenters. The molecule has 1 amide bonds. The number of halogens is 6. The summed E-state index contributed by atoms with van der Waals surface area (Å²) in [7, 11) is 1.30. The number of amides is 1. The lowest BCUT2D eigenvalue weighted by atomic mass is 9.92. The average molecular weight is 417 g/mol. The van der Waals surface area contributed by atoms with Gasteiger partial charge in [-0.05, 0) is 18.6 Å². The maximum absolute atomic E-state index is 13.1. The molecule has 27 heavy (non-hydrogen) atoms. The maximum atomic E-state index is 13.1. The molecule has 0 aliphatic carbocycles. The molecule has 11 heteroatoms. The molecule has 2 rings (SSSR count). The highest BCUT2D eigenvalue weighted by molar-refractivity contribution is 8.00. The highest BCUT2D eigenvalue weighted by Crippen LogP contribution is 2.52. The summed E-state index contributed by atoms with van der Waals surface area (Å²) in [5.41, 5.74) is -6.16. The van der Waals surface area contributed by atoms with Crippen molar-refractivity contribution >= 4 is 23.4 Å². The largest absolute Gasteiger partial charge is 0.430 e. The third kappa shape index (κ3) is 3.90. The Morgan fingerprint density at radius 1 is 1.26 bits per heavy atom. The molecule has 0 saturated heterocycles. The smallest absolute Gasteiger partial charge is 0.375 e. The second kappa shape index (κ2) is 7.51. The molecule has 0 fully saturated rings. The third-order valence-corrected chi connectivity index (χ3v) is 5.59. The van der Waals surface area contributed by atoms with Gasteiger partial charge in [-0.3, -0.25) is 4.79 Å². The van der Waals surface area contributed by atoms with Crippen LogP contribution in [0.15, 0.2) is 23.1 Å². The topological polar surface area (TPSA) is 49.8 Å². The fraction of sp³-hybridized carbons (Fsp3) is 0.562. The van der Waals surface area contributed by atoms with Crippen LogP contribution in [0.4, 0.5) is 32.0 Å². The van der Waals surface area contributed by atoms with E-state index in [1.807, 2.05) is 0 Å². The molecule has 1 aliphatic rings. The van der Waals surface area contributed by atoms with Crippen molar-refractivity contribution in [3.63, 3.8) is 0 Å². The van der Waals surface area contributed by atoms with Crippen molar-refractivity contribution in [3.8, 4) is 0 Å². The van der Waals surface area contributed by atoms with Crippen LogP contribution >= 0.6 is 11.8 Å². The zero-order valence-electron chi connectivity index (χ0n) is 14.3. The highest BCUT2D eigenvalue weighted by Gasteiger charge is 2.71. The number of methoxy groups -OCH3 is 1. The number of thioether (sulfide) groups is 1. The number of fused-ring (bicyclic) bond motifs is 1. The molecule has 1 aliphatic heterocycles. The van der Waals surface area contributed by atoms with E-state index in [1.165, 1.54) is 12.0 Å². The molecule has 0 bridgehead atoms. The first-order valence-corrected chi connectivity index (χ1v) is 8.71. The molecule has 1 aromatic carbocycles. The van der Waals surface area contributed by atoms with Gasteiger partial charge in [0.1, 0.15) is 6.61 Å². The van der Waals surface area contributed by atoms with E-state index in [1.54, 1.807) is 6.92 Å². The van der Waals surface area contributed by atoms with E-state index >= 15 is 0 Å². The van der Waals surface area contributed by atoms with E-state index < -0.39 is 29.4 Å². The molecule has 152 valence electrons. The summed E-state index contributed by atoms with van der Waals surface area (Å²) in [4.78, 5) is 13.5. The van der Waals surface area contributed by atoms with Crippen molar-refractivity contribution < 1.29 is 41.0 Å². The second-order valence-corrected chi connectivity index (χ2v) is 7.32. The average Bonchev–Trinajstić information content (AvgIpc) is 2.57. The third-order valence-electron chi connectivity index (χ3n) is 4.19. The number of anilines is 1. The molecule has 0 spiro atoms. The molecule has 1 atom stereocenters. The second-order valence-electron chi connectivity index (χ2n) is 5.97. The van der Waals surface area contributed by atoms with Crippen molar-refractivity contribution in [2.45, 2.75) is 41.4 Å². The number of benzene rings is 1. The zero-order valence-corrected chi connectivity index (χ0v) is 15.1. The van der Waals surface area contributed by atoms with E-state index in [-0.39, 0.29) is 29.0 Å². The van der Waals surface area contributed by atoms with Gasteiger partial charge in [-0.25, -0.2) is 0 Å². The van der Waals surface area contributed by atoms with Gasteiger partial charge >= 0.3 is 12.4 Å². The molecule has 1 heterocycles. The summed E-state index contributed by atoms with van der Waals surface area (Å²) < 4.78 is 83.4. The number of rotatable bonds is 4. The number of alkyl halides is 6. The summed E-state index contributed by atoms with van der Waals surface area (Å²) in [5, 5.41) is 9.36. The molecular formula is C16H17F6NO3S. The van der Waals surface area contributed by atoms with E-state index in [9.17, 15) is 36.2 Å². The van der Waals surface area contributed by atoms with Gasteiger partial charge in [0.05, 0.1) is 5.69 Å². The van der Waals surface area contributed by atoms with Crippen molar-refractivity contribution in [1.82, 2.24) is 0 Å². The van der Waals surface area contributed by atoms with Crippen molar-refractivity contribution in [2.75, 3.05) is 25.2 Å². The van der Waals surface area contributed by atoms with Crippen LogP contribution in [-0.2, 0) is 15.1 Å². The highest BCUT2D eigenvalue weighted by atomic mass is 32.2. The molecular weight excluding hydrogens is 400 g/mol. The number of carbonyl (C=O) groups excluding carboxylic acids is 1. The molecule has 1 N–H and O–H groups in total. The predicted octanol–water partition coefficient (Wildman–Crippen LogP) is 3.86. The van der Waals surface area contributed by atoms with Gasteiger partial charge in [0.25, 0.3) is 11.5 Å². The van der Waals surface area contributed by atoms with Gasteiger partial charge in [-0.1, -0.05) is 13.0 Å². The first kappa shape index (κ1) is 21.8. The first-order valence-electron chi connectivity index (χ1n) is 7.83. The van der Waals surface area contributed by atoms with Crippen LogP contribution in [0.25, 0.3) is 0 Å². The van der Waals surface area contributed by atoms with Crippen LogP contribution in [0.2, 0.25) is 0 Å². The van der Waals surface area contributed by atoms with Gasteiger partial charge < -0.3 is 14.7 Å². The fourth-order valence-corrected chi connectivity index (χ4v) is 3.96. The van der Waals surface area contributed by atoms with E-state index in [2.05, 4.69) is 0 Å². The lowest BCUT2D eigenvalue weighted by Gasteiger charge is -2.36. The Hall–Kier alpha value is -1.46. The number of ether oxygens (including phenoxy) is 1. The van der Waals surface area contributed by atoms with E-state index in [4.69, 9.17) is 4.74 Å². The number of hydrogen-bond donors (Lipinski definition) is 1. The monoisotopic (exact) mass is 417 g/mol. The maximum Gasteiger partial charge on any atom is 0.430 e. The first-order chi connectivity index (χ1) is 12.4. The Morgan fingerprint density at radius 2 is 1.85 bits per heavy atom. The lowest BCUT2D eigenvalue weighted by molar-refractivity contribution is -0.376. The Kier molecular flexibility index (Phi) is 6.08. The molecule has 1 aromatic rings. The van der Waals surface area contributed by atoms with Crippen LogP contribution in [0.3, 0.4) is 0 Å². The minimum Gasteiger partial charge on any atom is -0.375 e. The fourth-order valence-electron chi connectivity index (χ4n) is 2.71. The summed E-state index contributed by atoms with van der Waals surface area (Å²) in [6.07, 6.45) is -11.4. The van der Waals surface area contributed by atoms with Crippen molar-refractivity contribution in [1.29, 1.82) is 0 Å². The Morgan fingerprint density at radius 3 is 2.33 bits per heavy atom. The van der Waals surface area contributed by atoms with Gasteiger partial charge in [0.15, 0.2) is 0 Å². The van der Waals surface area contributed by atoms with E-state index in [0.29, 0.717) is 18.6 Å². The molecule has 0 aromatic heterocycles. The van der Waals surface area contributed by atoms with E-state index in [0.717, 1.165) is 17.8 Å². The van der Waals surface area contributed by atoms with Crippen LogP contribution in [0, 0.1) is 0 Å². The SMILES string of the molecule is CC[C@H]1CN(C(=O)COC)c2ccc(C(O)(C(F)(F)F)C(F)(F)F)cc2S1. The van der Waals surface area contributed by atoms with Crippen LogP contribution in [0.5, 0.6) is 0 Å². The number of nitrogens with zero attached hydrogens (tertiary/aromatic N) is 1. The van der Waals surface area contributed by atoms with Crippen LogP contribution in [-0.4, -0.2) is 48.9 Å². The minimum absolute atomic E-state index is 0.0574. The predicted molar refractivity (Wildman–Crippen MR) is 86.6 cm³/mol. The standard InChI is InChI=1S/C16H17F6NO3S/c1-3-10-7-23(13(24)8-26-2)11-5-4-9(6-12(11)27-10)14(25,15(17,18)19)16(20,21)22/h4-6,10,25H,3,7-8H2,1-2H3/t10-/m0/s1. The van der Waals surface area contributed by atoms with Gasteiger partial charge in [0, 0.05) is 29.4 Å². The molecule has 4 nitrogen and oxygen atoms in total. The zero-order chi connectivity index (χ0) is 20.6. The van der Waals surface area contributed by atoms with Crippen molar-refractivity contribution in [3.05, 3.63) is 23.8 Å². The Bertz CT molecular complexity index is 692. The summed E-state index contributed by atoms with van der Waals surface area (Å²) in [5.74, 6) is -0.466. The summed E-state index contributed by atoms with van der Waals surface area (Å²) >= 11 is 1.07. The Labute approximate surface area is 155 Å². The van der Waals surface area contributed by atoms with Crippen LogP contribution in [0.1, 0.15) is 18.9 Å². The number of aliphatic hydroxyl groups is 1. The lowest BCUT2D eigenvalue weighted by Crippen LogP contribution is -2.54. The molecule has 0 saturated carbocycles. The van der Waals surface area contributed by atoms with Crippen LogP contribution < -0.4 is 4.90 Å². The molecule has 0 radical (unpaired) electrons. The summed E-state index contributed by atoms with van der Waals surface area (Å²) in [6, 6.07) is 2.18. The number of carbonyl (C=O) groups is 1. The van der Waals surface area contributed by atoms with Gasteiger partial charge in [0.2, 0.25) is 0 Å². The van der Waals surface area contributed by atoms with Gasteiger partial charge in [-0.15, -0.1) is 11.8 Å². The van der Waals surface area contributed by atoms with Crippen molar-refractivity contribution in [2.24, 2.45) is 0 Å². The minimum atomic E-state index is -5.96. The summed E-state index contributed by atoms with van der Waals surface area (Å²) in [6.45, 7) is 1.75.